The van der Waals surface area contributed by atoms with Crippen LogP contribution in [0.3, 0.4) is 0 Å². The van der Waals surface area contributed by atoms with E-state index in [9.17, 15) is 0 Å². The molecule has 118 valence electrons. The second-order valence-electron chi connectivity index (χ2n) is 4.78. The Hall–Kier alpha value is -2.36. The number of hydrogen-bond donors (Lipinski definition) is 0. The molecule has 2 rings (SSSR count). The molecule has 0 saturated heterocycles. The predicted octanol–water partition coefficient (Wildman–Crippen LogP) is 3.51. The lowest BCUT2D eigenvalue weighted by Gasteiger charge is -2.16. The van der Waals surface area contributed by atoms with E-state index >= 15 is 0 Å². The molecule has 0 unspecified atom stereocenters. The SMILES string of the molecule is COc1cccc(OC)c1CCc1c(OC)cccc1OC. The molecule has 0 aliphatic heterocycles. The Balaban J connectivity index is 2.31. The van der Waals surface area contributed by atoms with Crippen LogP contribution in [0.1, 0.15) is 11.1 Å². The van der Waals surface area contributed by atoms with Crippen LogP contribution in [-0.2, 0) is 12.8 Å². The molecule has 0 saturated carbocycles. The topological polar surface area (TPSA) is 36.9 Å². The van der Waals surface area contributed by atoms with Crippen LogP contribution in [0.4, 0.5) is 0 Å². The fourth-order valence-electron chi connectivity index (χ4n) is 2.60. The molecule has 4 heteroatoms. The lowest BCUT2D eigenvalue weighted by molar-refractivity contribution is 0.379. The van der Waals surface area contributed by atoms with Gasteiger partial charge in [0, 0.05) is 11.1 Å². The van der Waals surface area contributed by atoms with Gasteiger partial charge in [0.15, 0.2) is 0 Å². The third kappa shape index (κ3) is 3.27. The fourth-order valence-corrected chi connectivity index (χ4v) is 2.60. The molecule has 22 heavy (non-hydrogen) atoms. The molecule has 0 radical (unpaired) electrons. The van der Waals surface area contributed by atoms with Gasteiger partial charge in [-0.1, -0.05) is 12.1 Å². The van der Waals surface area contributed by atoms with E-state index in [1.807, 2.05) is 36.4 Å². The van der Waals surface area contributed by atoms with Crippen LogP contribution < -0.4 is 18.9 Å². The van der Waals surface area contributed by atoms with Crippen molar-refractivity contribution in [2.24, 2.45) is 0 Å². The zero-order chi connectivity index (χ0) is 15.9. The van der Waals surface area contributed by atoms with E-state index in [0.29, 0.717) is 0 Å². The van der Waals surface area contributed by atoms with Crippen molar-refractivity contribution in [2.45, 2.75) is 12.8 Å². The van der Waals surface area contributed by atoms with Gasteiger partial charge in [-0.15, -0.1) is 0 Å². The van der Waals surface area contributed by atoms with E-state index in [1.54, 1.807) is 28.4 Å². The summed E-state index contributed by atoms with van der Waals surface area (Å²) in [6, 6.07) is 11.6. The standard InChI is InChI=1S/C18H22O4/c1-19-15-7-5-8-16(20-2)13(15)11-12-14-17(21-3)9-6-10-18(14)22-4/h5-10H,11-12H2,1-4H3. The van der Waals surface area contributed by atoms with E-state index in [1.165, 1.54) is 0 Å². The highest BCUT2D eigenvalue weighted by molar-refractivity contribution is 5.48. The van der Waals surface area contributed by atoms with Crippen LogP contribution in [0.15, 0.2) is 36.4 Å². The summed E-state index contributed by atoms with van der Waals surface area (Å²) in [6.45, 7) is 0. The number of hydrogen-bond acceptors (Lipinski definition) is 4. The third-order valence-corrected chi connectivity index (χ3v) is 3.68. The maximum atomic E-state index is 5.45. The molecule has 0 aliphatic rings. The molecule has 0 atom stereocenters. The van der Waals surface area contributed by atoms with Crippen molar-refractivity contribution in [2.75, 3.05) is 28.4 Å². The maximum Gasteiger partial charge on any atom is 0.125 e. The number of methoxy groups -OCH3 is 4. The number of rotatable bonds is 7. The fraction of sp³-hybridized carbons (Fsp3) is 0.333. The van der Waals surface area contributed by atoms with Crippen LogP contribution in [0.25, 0.3) is 0 Å². The van der Waals surface area contributed by atoms with Crippen molar-refractivity contribution in [1.82, 2.24) is 0 Å². The van der Waals surface area contributed by atoms with Gasteiger partial charge in [0.1, 0.15) is 23.0 Å². The Kier molecular flexibility index (Phi) is 5.53. The summed E-state index contributed by atoms with van der Waals surface area (Å²) in [5.74, 6) is 3.31. The zero-order valence-electron chi connectivity index (χ0n) is 13.5. The first kappa shape index (κ1) is 16.0. The summed E-state index contributed by atoms with van der Waals surface area (Å²) in [7, 11) is 6.67. The monoisotopic (exact) mass is 302 g/mol. The molecular weight excluding hydrogens is 280 g/mol. The van der Waals surface area contributed by atoms with Gasteiger partial charge in [0.05, 0.1) is 28.4 Å². The average Bonchev–Trinajstić information content (AvgIpc) is 2.58. The van der Waals surface area contributed by atoms with Gasteiger partial charge in [0.25, 0.3) is 0 Å². The van der Waals surface area contributed by atoms with E-state index in [4.69, 9.17) is 18.9 Å². The van der Waals surface area contributed by atoms with E-state index in [2.05, 4.69) is 0 Å². The Morgan fingerprint density at radius 3 is 1.05 bits per heavy atom. The predicted molar refractivity (Wildman–Crippen MR) is 86.5 cm³/mol. The molecule has 0 fully saturated rings. The van der Waals surface area contributed by atoms with Crippen molar-refractivity contribution in [3.8, 4) is 23.0 Å². The van der Waals surface area contributed by atoms with Gasteiger partial charge >= 0.3 is 0 Å². The summed E-state index contributed by atoms with van der Waals surface area (Å²) < 4.78 is 21.8. The summed E-state index contributed by atoms with van der Waals surface area (Å²) in [5, 5.41) is 0. The average molecular weight is 302 g/mol. The first-order valence-corrected chi connectivity index (χ1v) is 7.14. The smallest absolute Gasteiger partial charge is 0.125 e. The molecule has 0 aromatic heterocycles. The van der Waals surface area contributed by atoms with Crippen LogP contribution >= 0.6 is 0 Å². The molecule has 0 aliphatic carbocycles. The highest BCUT2D eigenvalue weighted by Gasteiger charge is 2.14. The molecule has 0 bridgehead atoms. The van der Waals surface area contributed by atoms with E-state index in [-0.39, 0.29) is 0 Å². The first-order valence-electron chi connectivity index (χ1n) is 7.14. The van der Waals surface area contributed by atoms with Crippen LogP contribution in [0.5, 0.6) is 23.0 Å². The molecule has 0 N–H and O–H groups in total. The van der Waals surface area contributed by atoms with E-state index < -0.39 is 0 Å². The van der Waals surface area contributed by atoms with Crippen LogP contribution in [0.2, 0.25) is 0 Å². The minimum Gasteiger partial charge on any atom is -0.496 e. The van der Waals surface area contributed by atoms with E-state index in [0.717, 1.165) is 47.0 Å². The summed E-state index contributed by atoms with van der Waals surface area (Å²) in [5.41, 5.74) is 2.08. The highest BCUT2D eigenvalue weighted by Crippen LogP contribution is 2.33. The van der Waals surface area contributed by atoms with Crippen molar-refractivity contribution >= 4 is 0 Å². The van der Waals surface area contributed by atoms with Gasteiger partial charge in [-0.25, -0.2) is 0 Å². The Morgan fingerprint density at radius 1 is 0.545 bits per heavy atom. The molecular formula is C18H22O4. The van der Waals surface area contributed by atoms with Crippen LogP contribution in [-0.4, -0.2) is 28.4 Å². The van der Waals surface area contributed by atoms with Gasteiger partial charge < -0.3 is 18.9 Å². The van der Waals surface area contributed by atoms with Crippen molar-refractivity contribution in [1.29, 1.82) is 0 Å². The number of ether oxygens (including phenoxy) is 4. The van der Waals surface area contributed by atoms with Gasteiger partial charge in [-0.3, -0.25) is 0 Å². The minimum atomic E-state index is 0.768. The molecule has 0 heterocycles. The lowest BCUT2D eigenvalue weighted by atomic mass is 10.0. The number of benzene rings is 2. The molecule has 0 amide bonds. The zero-order valence-corrected chi connectivity index (χ0v) is 13.5. The summed E-state index contributed by atoms with van der Waals surface area (Å²) in [6.07, 6.45) is 1.54. The normalized spacial score (nSPS) is 10.2. The Bertz CT molecular complexity index is 522. The lowest BCUT2D eigenvalue weighted by Crippen LogP contribution is -2.02. The highest BCUT2D eigenvalue weighted by atomic mass is 16.5. The minimum absolute atomic E-state index is 0.768. The van der Waals surface area contributed by atoms with Gasteiger partial charge in [-0.05, 0) is 37.1 Å². The first-order chi connectivity index (χ1) is 10.7. The van der Waals surface area contributed by atoms with Crippen LogP contribution in [0, 0.1) is 0 Å². The largest absolute Gasteiger partial charge is 0.496 e. The molecule has 2 aromatic rings. The third-order valence-electron chi connectivity index (χ3n) is 3.68. The second-order valence-corrected chi connectivity index (χ2v) is 4.78. The summed E-state index contributed by atoms with van der Waals surface area (Å²) >= 11 is 0. The quantitative estimate of drug-likeness (QED) is 0.784. The Morgan fingerprint density at radius 2 is 0.818 bits per heavy atom. The Labute approximate surface area is 131 Å². The summed E-state index contributed by atoms with van der Waals surface area (Å²) in [4.78, 5) is 0. The molecule has 4 nitrogen and oxygen atoms in total. The van der Waals surface area contributed by atoms with Crippen molar-refractivity contribution in [3.63, 3.8) is 0 Å². The molecule has 0 spiro atoms. The van der Waals surface area contributed by atoms with Crippen molar-refractivity contribution < 1.29 is 18.9 Å². The second kappa shape index (κ2) is 7.59. The van der Waals surface area contributed by atoms with Crippen molar-refractivity contribution in [3.05, 3.63) is 47.5 Å². The maximum absolute atomic E-state index is 5.45. The molecule has 2 aromatic carbocycles. The van der Waals surface area contributed by atoms with Gasteiger partial charge in [0.2, 0.25) is 0 Å². The van der Waals surface area contributed by atoms with Gasteiger partial charge in [-0.2, -0.15) is 0 Å².